The maximum Gasteiger partial charge on any atom is 0.0406 e. The molecule has 0 bridgehead atoms. The second-order valence-electron chi connectivity index (χ2n) is 4.87. The van der Waals surface area contributed by atoms with Crippen molar-refractivity contribution in [2.75, 3.05) is 6.54 Å². The third-order valence-corrected chi connectivity index (χ3v) is 3.48. The molecule has 0 spiro atoms. The van der Waals surface area contributed by atoms with Crippen molar-refractivity contribution < 1.29 is 0 Å². The number of benzene rings is 2. The van der Waals surface area contributed by atoms with Gasteiger partial charge >= 0.3 is 0 Å². The fourth-order valence-electron chi connectivity index (χ4n) is 2.25. The van der Waals surface area contributed by atoms with Gasteiger partial charge in [-0.15, -0.1) is 0 Å². The Morgan fingerprint density at radius 3 is 2.00 bits per heavy atom. The minimum absolute atomic E-state index is 0.520. The van der Waals surface area contributed by atoms with Crippen molar-refractivity contribution in [1.29, 1.82) is 0 Å². The third-order valence-electron chi connectivity index (χ3n) is 3.23. The summed E-state index contributed by atoms with van der Waals surface area (Å²) in [5.74, 6) is 0. The zero-order valence-corrected chi connectivity index (χ0v) is 12.2. The molecule has 1 N–H and O–H groups in total. The zero-order chi connectivity index (χ0) is 13.7. The maximum absolute atomic E-state index is 5.90. The first kappa shape index (κ1) is 14.1. The largest absolute Gasteiger partial charge is 0.314 e. The summed E-state index contributed by atoms with van der Waals surface area (Å²) in [6.07, 6.45) is 1.06. The predicted molar refractivity (Wildman–Crippen MR) is 83.7 cm³/mol. The second-order valence-corrected chi connectivity index (χ2v) is 5.30. The highest BCUT2D eigenvalue weighted by Gasteiger charge is 2.02. The van der Waals surface area contributed by atoms with Crippen LogP contribution in [0, 0.1) is 0 Å². The fraction of sp³-hybridized carbons (Fsp3) is 0.294. The molecule has 0 aliphatic rings. The Kier molecular flexibility index (Phi) is 5.00. The summed E-state index contributed by atoms with van der Waals surface area (Å²) in [4.78, 5) is 0. The van der Waals surface area contributed by atoms with E-state index in [0.717, 1.165) is 18.0 Å². The third kappa shape index (κ3) is 4.09. The van der Waals surface area contributed by atoms with Crippen LogP contribution in [0.2, 0.25) is 5.02 Å². The van der Waals surface area contributed by atoms with Crippen molar-refractivity contribution in [3.8, 4) is 11.1 Å². The van der Waals surface area contributed by atoms with Gasteiger partial charge in [0.1, 0.15) is 0 Å². The van der Waals surface area contributed by atoms with Crippen LogP contribution < -0.4 is 5.32 Å². The highest BCUT2D eigenvalue weighted by Crippen LogP contribution is 2.22. The normalized spacial score (nSPS) is 12.4. The van der Waals surface area contributed by atoms with Crippen LogP contribution in [0.5, 0.6) is 0 Å². The monoisotopic (exact) mass is 273 g/mol. The Morgan fingerprint density at radius 2 is 1.47 bits per heavy atom. The lowest BCUT2D eigenvalue weighted by Crippen LogP contribution is -2.27. The van der Waals surface area contributed by atoms with E-state index in [9.17, 15) is 0 Å². The van der Waals surface area contributed by atoms with Gasteiger partial charge in [0, 0.05) is 11.1 Å². The molecule has 0 heterocycles. The molecule has 0 aliphatic heterocycles. The Labute approximate surface area is 120 Å². The van der Waals surface area contributed by atoms with Crippen LogP contribution in [0.4, 0.5) is 0 Å². The molecular weight excluding hydrogens is 254 g/mol. The topological polar surface area (TPSA) is 12.0 Å². The van der Waals surface area contributed by atoms with E-state index >= 15 is 0 Å². The molecule has 1 atom stereocenters. The summed E-state index contributed by atoms with van der Waals surface area (Å²) in [7, 11) is 0. The Bertz CT molecular complexity index is 502. The van der Waals surface area contributed by atoms with Gasteiger partial charge in [-0.25, -0.2) is 0 Å². The van der Waals surface area contributed by atoms with E-state index in [4.69, 9.17) is 11.6 Å². The summed E-state index contributed by atoms with van der Waals surface area (Å²) in [6.45, 7) is 5.38. The first-order valence-corrected chi connectivity index (χ1v) is 7.15. The van der Waals surface area contributed by atoms with Crippen LogP contribution in [0.25, 0.3) is 11.1 Å². The summed E-state index contributed by atoms with van der Waals surface area (Å²) >= 11 is 5.90. The molecule has 0 aromatic heterocycles. The molecule has 2 aromatic carbocycles. The van der Waals surface area contributed by atoms with Gasteiger partial charge in [-0.1, -0.05) is 54.9 Å². The van der Waals surface area contributed by atoms with Crippen LogP contribution >= 0.6 is 11.6 Å². The molecule has 2 heteroatoms. The first-order valence-electron chi connectivity index (χ1n) is 6.77. The van der Waals surface area contributed by atoms with Crippen LogP contribution in [0.1, 0.15) is 19.4 Å². The van der Waals surface area contributed by atoms with Crippen molar-refractivity contribution in [2.45, 2.75) is 26.3 Å². The van der Waals surface area contributed by atoms with E-state index in [0.29, 0.717) is 6.04 Å². The fourth-order valence-corrected chi connectivity index (χ4v) is 2.38. The second kappa shape index (κ2) is 6.74. The summed E-state index contributed by atoms with van der Waals surface area (Å²) < 4.78 is 0. The standard InChI is InChI=1S/C17H20ClN/c1-3-19-13(2)12-14-4-6-15(7-5-14)16-8-10-17(18)11-9-16/h4-11,13,19H,3,12H2,1-2H3. The number of nitrogens with one attached hydrogen (secondary N) is 1. The molecule has 0 saturated heterocycles. The van der Waals surface area contributed by atoms with Gasteiger partial charge in [0.15, 0.2) is 0 Å². The highest BCUT2D eigenvalue weighted by molar-refractivity contribution is 6.30. The molecule has 0 amide bonds. The van der Waals surface area contributed by atoms with Gasteiger partial charge in [-0.2, -0.15) is 0 Å². The van der Waals surface area contributed by atoms with Gasteiger partial charge in [-0.05, 0) is 48.7 Å². The smallest absolute Gasteiger partial charge is 0.0406 e. The number of hydrogen-bond donors (Lipinski definition) is 1. The molecule has 2 aromatic rings. The molecule has 100 valence electrons. The number of rotatable bonds is 5. The van der Waals surface area contributed by atoms with Crippen molar-refractivity contribution >= 4 is 11.6 Å². The quantitative estimate of drug-likeness (QED) is 0.843. The predicted octanol–water partition coefficient (Wildman–Crippen LogP) is 4.55. The first-order chi connectivity index (χ1) is 9.19. The zero-order valence-electron chi connectivity index (χ0n) is 11.5. The van der Waals surface area contributed by atoms with Crippen LogP contribution in [0.3, 0.4) is 0 Å². The molecule has 0 radical (unpaired) electrons. The van der Waals surface area contributed by atoms with E-state index in [1.54, 1.807) is 0 Å². The lowest BCUT2D eigenvalue weighted by atomic mass is 10.0. The van der Waals surface area contributed by atoms with Crippen LogP contribution in [-0.4, -0.2) is 12.6 Å². The lowest BCUT2D eigenvalue weighted by molar-refractivity contribution is 0.565. The Morgan fingerprint density at radius 1 is 0.947 bits per heavy atom. The number of halogens is 1. The molecule has 19 heavy (non-hydrogen) atoms. The van der Waals surface area contributed by atoms with Crippen molar-refractivity contribution in [3.05, 3.63) is 59.1 Å². The minimum Gasteiger partial charge on any atom is -0.314 e. The average Bonchev–Trinajstić information content (AvgIpc) is 2.41. The summed E-state index contributed by atoms with van der Waals surface area (Å²) in [6, 6.07) is 17.3. The van der Waals surface area contributed by atoms with E-state index in [2.05, 4.69) is 55.6 Å². The molecule has 0 fully saturated rings. The molecular formula is C17H20ClN. The number of hydrogen-bond acceptors (Lipinski definition) is 1. The molecule has 1 unspecified atom stereocenters. The van der Waals surface area contributed by atoms with Crippen LogP contribution in [-0.2, 0) is 6.42 Å². The van der Waals surface area contributed by atoms with Crippen LogP contribution in [0.15, 0.2) is 48.5 Å². The van der Waals surface area contributed by atoms with E-state index in [1.807, 2.05) is 12.1 Å². The van der Waals surface area contributed by atoms with Gasteiger partial charge < -0.3 is 5.32 Å². The van der Waals surface area contributed by atoms with E-state index in [1.165, 1.54) is 16.7 Å². The van der Waals surface area contributed by atoms with Crippen molar-refractivity contribution in [2.24, 2.45) is 0 Å². The SMILES string of the molecule is CCNC(C)Cc1ccc(-c2ccc(Cl)cc2)cc1. The lowest BCUT2D eigenvalue weighted by Gasteiger charge is -2.12. The maximum atomic E-state index is 5.90. The summed E-state index contributed by atoms with van der Waals surface area (Å²) in [5.41, 5.74) is 3.80. The van der Waals surface area contributed by atoms with Gasteiger partial charge in [0.2, 0.25) is 0 Å². The molecule has 1 nitrogen and oxygen atoms in total. The van der Waals surface area contributed by atoms with Gasteiger partial charge in [0.05, 0.1) is 0 Å². The van der Waals surface area contributed by atoms with Gasteiger partial charge in [0.25, 0.3) is 0 Å². The number of likely N-dealkylation sites (N-methyl/N-ethyl adjacent to an activating group) is 1. The Hall–Kier alpha value is -1.31. The van der Waals surface area contributed by atoms with E-state index < -0.39 is 0 Å². The molecule has 2 rings (SSSR count). The minimum atomic E-state index is 0.520. The van der Waals surface area contributed by atoms with E-state index in [-0.39, 0.29) is 0 Å². The Balaban J connectivity index is 2.08. The average molecular weight is 274 g/mol. The van der Waals surface area contributed by atoms with Crippen molar-refractivity contribution in [1.82, 2.24) is 5.32 Å². The highest BCUT2D eigenvalue weighted by atomic mass is 35.5. The summed E-state index contributed by atoms with van der Waals surface area (Å²) in [5, 5.41) is 4.21. The molecule has 0 saturated carbocycles. The van der Waals surface area contributed by atoms with Gasteiger partial charge in [-0.3, -0.25) is 0 Å². The van der Waals surface area contributed by atoms with Crippen molar-refractivity contribution in [3.63, 3.8) is 0 Å². The molecule has 0 aliphatic carbocycles.